The summed E-state index contributed by atoms with van der Waals surface area (Å²) < 4.78 is 18.7. The van der Waals surface area contributed by atoms with Crippen molar-refractivity contribution in [1.29, 1.82) is 0 Å². The predicted molar refractivity (Wildman–Crippen MR) is 80.1 cm³/mol. The Morgan fingerprint density at radius 2 is 2.05 bits per heavy atom. The molecule has 0 N–H and O–H groups in total. The molecule has 1 saturated heterocycles. The molecule has 0 amide bonds. The highest BCUT2D eigenvalue weighted by Gasteiger charge is 2.17. The summed E-state index contributed by atoms with van der Waals surface area (Å²) in [5.41, 5.74) is 0.881. The van der Waals surface area contributed by atoms with E-state index in [1.165, 1.54) is 0 Å². The third-order valence-electron chi connectivity index (χ3n) is 3.30. The standard InChI is InChI=1S/C15H20FNO2S/c1-19-7-2-8-20-15-10-12(16)9-13(11-15)17-5-3-14(18)4-6-17/h9-11H,2-8H2,1H3. The minimum Gasteiger partial charge on any atom is -0.385 e. The minimum atomic E-state index is -0.214. The molecule has 20 heavy (non-hydrogen) atoms. The second-order valence-corrected chi connectivity index (χ2v) is 6.03. The second kappa shape index (κ2) is 7.64. The van der Waals surface area contributed by atoms with Crippen LogP contribution in [0.25, 0.3) is 0 Å². The average Bonchev–Trinajstić information content (AvgIpc) is 2.44. The van der Waals surface area contributed by atoms with E-state index in [1.807, 2.05) is 6.07 Å². The Labute approximate surface area is 123 Å². The number of hydrogen-bond donors (Lipinski definition) is 0. The summed E-state index contributed by atoms with van der Waals surface area (Å²) in [4.78, 5) is 14.3. The molecule has 110 valence electrons. The Morgan fingerprint density at radius 1 is 1.30 bits per heavy atom. The van der Waals surface area contributed by atoms with Crippen LogP contribution in [0.2, 0.25) is 0 Å². The van der Waals surface area contributed by atoms with Crippen molar-refractivity contribution in [3.63, 3.8) is 0 Å². The Bertz CT molecular complexity index is 457. The first-order chi connectivity index (χ1) is 9.69. The van der Waals surface area contributed by atoms with Crippen LogP contribution in [0.5, 0.6) is 0 Å². The molecule has 0 bridgehead atoms. The van der Waals surface area contributed by atoms with Crippen molar-refractivity contribution in [1.82, 2.24) is 0 Å². The number of ether oxygens (including phenoxy) is 1. The first-order valence-corrected chi connectivity index (χ1v) is 7.86. The smallest absolute Gasteiger partial charge is 0.136 e. The number of thioether (sulfide) groups is 1. The summed E-state index contributed by atoms with van der Waals surface area (Å²) in [6.45, 7) is 2.11. The molecule has 1 aromatic rings. The topological polar surface area (TPSA) is 29.5 Å². The van der Waals surface area contributed by atoms with Gasteiger partial charge in [-0.05, 0) is 24.6 Å². The maximum atomic E-state index is 13.7. The van der Waals surface area contributed by atoms with Crippen LogP contribution in [0.4, 0.5) is 10.1 Å². The van der Waals surface area contributed by atoms with Crippen LogP contribution in [0.15, 0.2) is 23.1 Å². The van der Waals surface area contributed by atoms with E-state index < -0.39 is 0 Å². The highest BCUT2D eigenvalue weighted by molar-refractivity contribution is 7.99. The molecule has 0 unspecified atom stereocenters. The van der Waals surface area contributed by atoms with Gasteiger partial charge in [-0.15, -0.1) is 11.8 Å². The lowest BCUT2D eigenvalue weighted by atomic mass is 10.1. The van der Waals surface area contributed by atoms with Gasteiger partial charge in [0.15, 0.2) is 0 Å². The number of benzene rings is 1. The highest BCUT2D eigenvalue weighted by atomic mass is 32.2. The molecular weight excluding hydrogens is 277 g/mol. The van der Waals surface area contributed by atoms with Crippen molar-refractivity contribution in [2.45, 2.75) is 24.2 Å². The summed E-state index contributed by atoms with van der Waals surface area (Å²) in [5.74, 6) is 0.996. The fourth-order valence-corrected chi connectivity index (χ4v) is 3.12. The van der Waals surface area contributed by atoms with E-state index >= 15 is 0 Å². The Kier molecular flexibility index (Phi) is 5.86. The van der Waals surface area contributed by atoms with Crippen molar-refractivity contribution in [2.75, 3.05) is 37.5 Å². The predicted octanol–water partition coefficient (Wildman–Crippen LogP) is 3.12. The van der Waals surface area contributed by atoms with Crippen LogP contribution in [-0.2, 0) is 9.53 Å². The number of hydrogen-bond acceptors (Lipinski definition) is 4. The molecule has 1 aliphatic heterocycles. The van der Waals surface area contributed by atoms with E-state index in [4.69, 9.17) is 4.74 Å². The van der Waals surface area contributed by atoms with E-state index in [2.05, 4.69) is 4.90 Å². The second-order valence-electron chi connectivity index (χ2n) is 4.87. The molecule has 1 aliphatic rings. The minimum absolute atomic E-state index is 0.214. The van der Waals surface area contributed by atoms with Crippen molar-refractivity contribution >= 4 is 23.2 Å². The van der Waals surface area contributed by atoms with Gasteiger partial charge in [0, 0.05) is 56.0 Å². The van der Waals surface area contributed by atoms with Crippen molar-refractivity contribution in [2.24, 2.45) is 0 Å². The maximum Gasteiger partial charge on any atom is 0.136 e. The van der Waals surface area contributed by atoms with Gasteiger partial charge in [-0.3, -0.25) is 4.79 Å². The van der Waals surface area contributed by atoms with Gasteiger partial charge in [0.1, 0.15) is 11.6 Å². The fraction of sp³-hybridized carbons (Fsp3) is 0.533. The third-order valence-corrected chi connectivity index (χ3v) is 4.37. The van der Waals surface area contributed by atoms with Gasteiger partial charge in [-0.25, -0.2) is 4.39 Å². The fourth-order valence-electron chi connectivity index (χ4n) is 2.22. The van der Waals surface area contributed by atoms with E-state index in [0.29, 0.717) is 31.7 Å². The number of carbonyl (C=O) groups is 1. The van der Waals surface area contributed by atoms with Crippen molar-refractivity contribution < 1.29 is 13.9 Å². The summed E-state index contributed by atoms with van der Waals surface area (Å²) in [5, 5.41) is 0. The molecule has 0 aliphatic carbocycles. The molecule has 0 saturated carbocycles. The monoisotopic (exact) mass is 297 g/mol. The van der Waals surface area contributed by atoms with Crippen molar-refractivity contribution in [3.05, 3.63) is 24.0 Å². The number of methoxy groups -OCH3 is 1. The van der Waals surface area contributed by atoms with Crippen LogP contribution in [-0.4, -0.2) is 38.3 Å². The van der Waals surface area contributed by atoms with E-state index in [0.717, 1.165) is 29.4 Å². The van der Waals surface area contributed by atoms with E-state index in [9.17, 15) is 9.18 Å². The lowest BCUT2D eigenvalue weighted by Crippen LogP contribution is -2.33. The van der Waals surface area contributed by atoms with Crippen LogP contribution in [0, 0.1) is 5.82 Å². The highest BCUT2D eigenvalue weighted by Crippen LogP contribution is 2.27. The lowest BCUT2D eigenvalue weighted by Gasteiger charge is -2.28. The normalized spacial score (nSPS) is 15.7. The zero-order valence-electron chi connectivity index (χ0n) is 11.7. The molecule has 3 nitrogen and oxygen atoms in total. The van der Waals surface area contributed by atoms with Crippen molar-refractivity contribution in [3.8, 4) is 0 Å². The number of Topliss-reactive ketones (excluding diaryl/α,β-unsaturated/α-hetero) is 1. The van der Waals surface area contributed by atoms with Gasteiger partial charge in [-0.1, -0.05) is 0 Å². The van der Waals surface area contributed by atoms with Gasteiger partial charge in [0.2, 0.25) is 0 Å². The largest absolute Gasteiger partial charge is 0.385 e. The van der Waals surface area contributed by atoms with Crippen LogP contribution < -0.4 is 4.90 Å². The maximum absolute atomic E-state index is 13.7. The molecule has 0 spiro atoms. The number of anilines is 1. The molecule has 0 atom stereocenters. The number of halogens is 1. The van der Waals surface area contributed by atoms with Crippen LogP contribution >= 0.6 is 11.8 Å². The molecule has 2 rings (SSSR count). The van der Waals surface area contributed by atoms with Crippen LogP contribution in [0.1, 0.15) is 19.3 Å². The number of ketones is 1. The third kappa shape index (κ3) is 4.49. The Morgan fingerprint density at radius 3 is 2.75 bits per heavy atom. The molecule has 1 aromatic carbocycles. The van der Waals surface area contributed by atoms with Gasteiger partial charge in [0.25, 0.3) is 0 Å². The summed E-state index contributed by atoms with van der Waals surface area (Å²) >= 11 is 1.64. The van der Waals surface area contributed by atoms with E-state index in [1.54, 1.807) is 31.0 Å². The number of rotatable bonds is 6. The quantitative estimate of drug-likeness (QED) is 0.596. The molecule has 0 radical (unpaired) electrons. The van der Waals surface area contributed by atoms with Gasteiger partial charge >= 0.3 is 0 Å². The van der Waals surface area contributed by atoms with E-state index in [-0.39, 0.29) is 5.82 Å². The van der Waals surface area contributed by atoms with Crippen LogP contribution in [0.3, 0.4) is 0 Å². The Hall–Kier alpha value is -1.07. The zero-order valence-corrected chi connectivity index (χ0v) is 12.5. The number of piperidine rings is 1. The van der Waals surface area contributed by atoms with Gasteiger partial charge in [-0.2, -0.15) is 0 Å². The van der Waals surface area contributed by atoms with Gasteiger partial charge in [0.05, 0.1) is 0 Å². The number of carbonyl (C=O) groups excluding carboxylic acids is 1. The average molecular weight is 297 g/mol. The zero-order chi connectivity index (χ0) is 14.4. The Balaban J connectivity index is 1.98. The molecule has 1 fully saturated rings. The SMILES string of the molecule is COCCCSc1cc(F)cc(N2CCC(=O)CC2)c1. The first-order valence-electron chi connectivity index (χ1n) is 6.88. The molecule has 5 heteroatoms. The molecular formula is C15H20FNO2S. The lowest BCUT2D eigenvalue weighted by molar-refractivity contribution is -0.119. The molecule has 1 heterocycles. The summed E-state index contributed by atoms with van der Waals surface area (Å²) in [7, 11) is 1.68. The summed E-state index contributed by atoms with van der Waals surface area (Å²) in [6.07, 6.45) is 2.07. The number of nitrogens with zero attached hydrogens (tertiary/aromatic N) is 1. The van der Waals surface area contributed by atoms with Gasteiger partial charge < -0.3 is 9.64 Å². The first kappa shape index (κ1) is 15.3. The summed E-state index contributed by atoms with van der Waals surface area (Å²) in [6, 6.07) is 5.13. The molecule has 0 aromatic heterocycles.